The number of oxime groups is 1. The zero-order valence-corrected chi connectivity index (χ0v) is 10.6. The zero-order chi connectivity index (χ0) is 13.0. The number of halogens is 3. The average molecular weight is 308 g/mol. The number of benzene rings is 1. The summed E-state index contributed by atoms with van der Waals surface area (Å²) >= 11 is 2.96. The van der Waals surface area contributed by atoms with Gasteiger partial charge in [-0.2, -0.15) is 0 Å². The minimum Gasteiger partial charge on any atom is -0.409 e. The third kappa shape index (κ3) is 3.85. The summed E-state index contributed by atoms with van der Waals surface area (Å²) in [4.78, 5) is 0. The standard InChI is InChI=1S/C10H12BrF2N3O/c1-5(2-10(14)16-17)15-9-3-6(11)7(12)4-8(9)13/h3-5,15,17H,2H2,1H3,(H2,14,16). The number of hydrogen-bond acceptors (Lipinski definition) is 3. The topological polar surface area (TPSA) is 70.6 Å². The van der Waals surface area contributed by atoms with Gasteiger partial charge in [-0.1, -0.05) is 5.16 Å². The van der Waals surface area contributed by atoms with Gasteiger partial charge in [-0.25, -0.2) is 8.78 Å². The molecule has 0 aliphatic carbocycles. The lowest BCUT2D eigenvalue weighted by atomic mass is 10.2. The molecular formula is C10H12BrF2N3O. The Bertz CT molecular complexity index is 440. The lowest BCUT2D eigenvalue weighted by molar-refractivity contribution is 0.316. The molecule has 4 N–H and O–H groups in total. The average Bonchev–Trinajstić information content (AvgIpc) is 2.25. The van der Waals surface area contributed by atoms with Crippen molar-refractivity contribution in [3.63, 3.8) is 0 Å². The molecule has 0 aliphatic rings. The van der Waals surface area contributed by atoms with Crippen LogP contribution in [-0.2, 0) is 0 Å². The van der Waals surface area contributed by atoms with Crippen LogP contribution in [0.15, 0.2) is 21.8 Å². The molecule has 0 aliphatic heterocycles. The lowest BCUT2D eigenvalue weighted by Crippen LogP contribution is -2.24. The first-order valence-electron chi connectivity index (χ1n) is 4.81. The maximum absolute atomic E-state index is 13.4. The van der Waals surface area contributed by atoms with Crippen LogP contribution < -0.4 is 11.1 Å². The number of anilines is 1. The first-order chi connectivity index (χ1) is 7.93. The number of nitrogens with two attached hydrogens (primary N) is 1. The SMILES string of the molecule is CC(C/C(N)=N/O)Nc1cc(Br)c(F)cc1F. The third-order valence-corrected chi connectivity index (χ3v) is 2.66. The number of hydrogen-bond donors (Lipinski definition) is 3. The van der Waals surface area contributed by atoms with Gasteiger partial charge >= 0.3 is 0 Å². The highest BCUT2D eigenvalue weighted by molar-refractivity contribution is 9.10. The van der Waals surface area contributed by atoms with Gasteiger partial charge in [0.1, 0.15) is 17.5 Å². The van der Waals surface area contributed by atoms with Crippen molar-refractivity contribution in [3.05, 3.63) is 28.2 Å². The Kier molecular flexibility index (Phi) is 4.68. The van der Waals surface area contributed by atoms with E-state index in [-0.39, 0.29) is 28.5 Å². The molecule has 0 saturated heterocycles. The van der Waals surface area contributed by atoms with E-state index in [0.29, 0.717) is 0 Å². The minimum atomic E-state index is -0.697. The summed E-state index contributed by atoms with van der Waals surface area (Å²) in [5.74, 6) is -1.33. The van der Waals surface area contributed by atoms with Crippen molar-refractivity contribution in [2.45, 2.75) is 19.4 Å². The summed E-state index contributed by atoms with van der Waals surface area (Å²) in [5.41, 5.74) is 5.47. The second-order valence-electron chi connectivity index (χ2n) is 3.59. The molecule has 0 saturated carbocycles. The van der Waals surface area contributed by atoms with Crippen LogP contribution in [0, 0.1) is 11.6 Å². The summed E-state index contributed by atoms with van der Waals surface area (Å²) in [6, 6.07) is 1.83. The summed E-state index contributed by atoms with van der Waals surface area (Å²) in [7, 11) is 0. The Hall–Kier alpha value is -1.37. The van der Waals surface area contributed by atoms with Crippen LogP contribution in [0.5, 0.6) is 0 Å². The summed E-state index contributed by atoms with van der Waals surface area (Å²) in [6.07, 6.45) is 0.241. The van der Waals surface area contributed by atoms with E-state index >= 15 is 0 Å². The van der Waals surface area contributed by atoms with E-state index in [1.165, 1.54) is 6.07 Å². The third-order valence-electron chi connectivity index (χ3n) is 2.06. The van der Waals surface area contributed by atoms with Crippen LogP contribution in [0.2, 0.25) is 0 Å². The van der Waals surface area contributed by atoms with Crippen molar-refractivity contribution in [2.75, 3.05) is 5.32 Å². The summed E-state index contributed by atoms with van der Waals surface area (Å²) < 4.78 is 26.5. The van der Waals surface area contributed by atoms with Gasteiger partial charge in [-0.05, 0) is 28.9 Å². The Labute approximate surface area is 106 Å². The fourth-order valence-electron chi connectivity index (χ4n) is 1.30. The smallest absolute Gasteiger partial charge is 0.149 e. The van der Waals surface area contributed by atoms with Crippen molar-refractivity contribution in [1.29, 1.82) is 0 Å². The quantitative estimate of drug-likeness (QED) is 0.263. The fraction of sp³-hybridized carbons (Fsp3) is 0.300. The first-order valence-corrected chi connectivity index (χ1v) is 5.60. The van der Waals surface area contributed by atoms with E-state index in [9.17, 15) is 8.78 Å². The molecule has 0 heterocycles. The van der Waals surface area contributed by atoms with Gasteiger partial charge in [0.2, 0.25) is 0 Å². The second kappa shape index (κ2) is 5.81. The molecule has 0 bridgehead atoms. The predicted octanol–water partition coefficient (Wildman–Crippen LogP) is 2.66. The molecular weight excluding hydrogens is 296 g/mol. The maximum atomic E-state index is 13.4. The number of rotatable bonds is 4. The molecule has 0 radical (unpaired) electrons. The highest BCUT2D eigenvalue weighted by Gasteiger charge is 2.11. The predicted molar refractivity (Wildman–Crippen MR) is 65.2 cm³/mol. The van der Waals surface area contributed by atoms with Crippen LogP contribution in [0.4, 0.5) is 14.5 Å². The fourth-order valence-corrected chi connectivity index (χ4v) is 1.65. The number of nitrogens with one attached hydrogen (secondary N) is 1. The molecule has 0 aromatic heterocycles. The molecule has 0 spiro atoms. The highest BCUT2D eigenvalue weighted by atomic mass is 79.9. The van der Waals surface area contributed by atoms with Gasteiger partial charge < -0.3 is 16.3 Å². The normalized spacial score (nSPS) is 13.5. The molecule has 4 nitrogen and oxygen atoms in total. The van der Waals surface area contributed by atoms with Gasteiger partial charge in [0, 0.05) is 18.5 Å². The zero-order valence-electron chi connectivity index (χ0n) is 9.04. The van der Waals surface area contributed by atoms with Crippen molar-refractivity contribution < 1.29 is 14.0 Å². The van der Waals surface area contributed by atoms with Crippen LogP contribution in [0.1, 0.15) is 13.3 Å². The molecule has 1 unspecified atom stereocenters. The Morgan fingerprint density at radius 3 is 2.76 bits per heavy atom. The van der Waals surface area contributed by atoms with Gasteiger partial charge in [0.25, 0.3) is 0 Å². The molecule has 94 valence electrons. The monoisotopic (exact) mass is 307 g/mol. The molecule has 17 heavy (non-hydrogen) atoms. The molecule has 0 fully saturated rings. The van der Waals surface area contributed by atoms with Gasteiger partial charge in [-0.15, -0.1) is 0 Å². The maximum Gasteiger partial charge on any atom is 0.149 e. The Balaban J connectivity index is 2.78. The Morgan fingerprint density at radius 1 is 1.53 bits per heavy atom. The van der Waals surface area contributed by atoms with Crippen LogP contribution in [0.3, 0.4) is 0 Å². The van der Waals surface area contributed by atoms with E-state index in [2.05, 4.69) is 26.4 Å². The highest BCUT2D eigenvalue weighted by Crippen LogP contribution is 2.24. The molecule has 1 rings (SSSR count). The molecule has 1 aromatic rings. The van der Waals surface area contributed by atoms with Crippen molar-refractivity contribution >= 4 is 27.5 Å². The summed E-state index contributed by atoms with van der Waals surface area (Å²) in [6.45, 7) is 1.73. The van der Waals surface area contributed by atoms with Gasteiger partial charge in [-0.3, -0.25) is 0 Å². The number of amidine groups is 1. The van der Waals surface area contributed by atoms with Crippen molar-refractivity contribution in [3.8, 4) is 0 Å². The van der Waals surface area contributed by atoms with Crippen LogP contribution in [-0.4, -0.2) is 17.1 Å². The van der Waals surface area contributed by atoms with Gasteiger partial charge in [0.05, 0.1) is 10.2 Å². The second-order valence-corrected chi connectivity index (χ2v) is 4.44. The first kappa shape index (κ1) is 13.7. The van der Waals surface area contributed by atoms with E-state index in [1.807, 2.05) is 0 Å². The van der Waals surface area contributed by atoms with Crippen molar-refractivity contribution in [1.82, 2.24) is 0 Å². The van der Waals surface area contributed by atoms with E-state index in [1.54, 1.807) is 6.92 Å². The van der Waals surface area contributed by atoms with Crippen LogP contribution >= 0.6 is 15.9 Å². The van der Waals surface area contributed by atoms with E-state index in [4.69, 9.17) is 10.9 Å². The minimum absolute atomic E-state index is 0.0339. The summed E-state index contributed by atoms with van der Waals surface area (Å²) in [5, 5.41) is 14.0. The van der Waals surface area contributed by atoms with E-state index < -0.39 is 11.6 Å². The van der Waals surface area contributed by atoms with Crippen molar-refractivity contribution in [2.24, 2.45) is 10.9 Å². The molecule has 0 amide bonds. The largest absolute Gasteiger partial charge is 0.409 e. The number of nitrogens with zero attached hydrogens (tertiary/aromatic N) is 1. The lowest BCUT2D eigenvalue weighted by Gasteiger charge is -2.15. The van der Waals surface area contributed by atoms with E-state index in [0.717, 1.165) is 6.07 Å². The molecule has 1 atom stereocenters. The molecule has 1 aromatic carbocycles. The van der Waals surface area contributed by atoms with Gasteiger partial charge in [0.15, 0.2) is 0 Å². The van der Waals surface area contributed by atoms with Crippen LogP contribution in [0.25, 0.3) is 0 Å². The molecule has 7 heteroatoms. The Morgan fingerprint density at radius 2 is 2.18 bits per heavy atom.